The van der Waals surface area contributed by atoms with Gasteiger partial charge in [0.15, 0.2) is 0 Å². The summed E-state index contributed by atoms with van der Waals surface area (Å²) in [6.07, 6.45) is 1.61. The molecule has 1 heterocycles. The predicted molar refractivity (Wildman–Crippen MR) is 63.0 cm³/mol. The average molecular weight is 232 g/mol. The molecule has 0 bridgehead atoms. The molecule has 0 radical (unpaired) electrons. The third kappa shape index (κ3) is 2.21. The van der Waals surface area contributed by atoms with Crippen LogP contribution in [-0.4, -0.2) is 17.7 Å². The highest BCUT2D eigenvalue weighted by Crippen LogP contribution is 2.26. The maximum Gasteiger partial charge on any atom is 0.372 e. The van der Waals surface area contributed by atoms with Gasteiger partial charge in [0.05, 0.1) is 13.2 Å². The van der Waals surface area contributed by atoms with Crippen molar-refractivity contribution in [3.05, 3.63) is 48.2 Å². The molecule has 0 amide bonds. The monoisotopic (exact) mass is 232 g/mol. The van der Waals surface area contributed by atoms with E-state index in [2.05, 4.69) is 6.58 Å². The van der Waals surface area contributed by atoms with Crippen molar-refractivity contribution in [2.24, 2.45) is 0 Å². The number of aromatic carboxylic acids is 1. The summed E-state index contributed by atoms with van der Waals surface area (Å²) in [7, 11) is 0. The molecule has 0 saturated heterocycles. The molecule has 0 fully saturated rings. The van der Waals surface area contributed by atoms with Crippen molar-refractivity contribution in [3.8, 4) is 0 Å². The van der Waals surface area contributed by atoms with Crippen LogP contribution in [0.4, 0.5) is 0 Å². The number of carboxylic acid groups (broad SMARTS) is 1. The maximum absolute atomic E-state index is 11.1. The Morgan fingerprint density at radius 2 is 2.24 bits per heavy atom. The molecule has 0 saturated carbocycles. The largest absolute Gasteiger partial charge is 0.475 e. The van der Waals surface area contributed by atoms with E-state index in [1.165, 1.54) is 0 Å². The first-order valence-corrected chi connectivity index (χ1v) is 5.16. The zero-order valence-electron chi connectivity index (χ0n) is 9.18. The number of ether oxygens (including phenoxy) is 1. The number of hydrogen-bond acceptors (Lipinski definition) is 3. The van der Waals surface area contributed by atoms with Crippen molar-refractivity contribution in [2.45, 2.75) is 6.61 Å². The SMILES string of the molecule is C=CCOCc1c(C(=O)O)oc2ccccc12. The first kappa shape index (κ1) is 11.4. The lowest BCUT2D eigenvalue weighted by Gasteiger charge is -2.00. The van der Waals surface area contributed by atoms with Crippen molar-refractivity contribution in [3.63, 3.8) is 0 Å². The molecular weight excluding hydrogens is 220 g/mol. The number of fused-ring (bicyclic) bond motifs is 1. The normalized spacial score (nSPS) is 10.6. The summed E-state index contributed by atoms with van der Waals surface area (Å²) in [6, 6.07) is 7.18. The lowest BCUT2D eigenvalue weighted by atomic mass is 10.1. The molecule has 17 heavy (non-hydrogen) atoms. The molecule has 0 spiro atoms. The minimum Gasteiger partial charge on any atom is -0.475 e. The minimum absolute atomic E-state index is 0.0599. The molecule has 1 aromatic heterocycles. The van der Waals surface area contributed by atoms with Crippen LogP contribution in [0.5, 0.6) is 0 Å². The van der Waals surface area contributed by atoms with Gasteiger partial charge in [-0.25, -0.2) is 4.79 Å². The Kier molecular flexibility index (Phi) is 3.25. The fourth-order valence-corrected chi connectivity index (χ4v) is 1.66. The molecule has 88 valence electrons. The lowest BCUT2D eigenvalue weighted by molar-refractivity contribution is 0.0656. The lowest BCUT2D eigenvalue weighted by Crippen LogP contribution is -2.01. The van der Waals surface area contributed by atoms with E-state index in [4.69, 9.17) is 14.3 Å². The number of para-hydroxylation sites is 1. The van der Waals surface area contributed by atoms with Gasteiger partial charge in [-0.05, 0) is 6.07 Å². The summed E-state index contributed by atoms with van der Waals surface area (Å²) in [4.78, 5) is 11.1. The second-order valence-electron chi connectivity index (χ2n) is 3.51. The van der Waals surface area contributed by atoms with Crippen LogP contribution in [0.3, 0.4) is 0 Å². The molecule has 0 unspecified atom stereocenters. The van der Waals surface area contributed by atoms with E-state index < -0.39 is 5.97 Å². The van der Waals surface area contributed by atoms with Gasteiger partial charge in [-0.15, -0.1) is 6.58 Å². The molecule has 4 nitrogen and oxygen atoms in total. The summed E-state index contributed by atoms with van der Waals surface area (Å²) in [5.41, 5.74) is 1.12. The van der Waals surface area contributed by atoms with Crippen LogP contribution in [0.25, 0.3) is 11.0 Å². The first-order chi connectivity index (χ1) is 8.24. The molecule has 1 aromatic carbocycles. The molecule has 2 aromatic rings. The Labute approximate surface area is 98.1 Å². The number of furan rings is 1. The van der Waals surface area contributed by atoms with Gasteiger partial charge in [0, 0.05) is 10.9 Å². The highest BCUT2D eigenvalue weighted by atomic mass is 16.5. The van der Waals surface area contributed by atoms with Crippen LogP contribution in [0.2, 0.25) is 0 Å². The van der Waals surface area contributed by atoms with Gasteiger partial charge in [0.2, 0.25) is 5.76 Å². The van der Waals surface area contributed by atoms with E-state index in [1.807, 2.05) is 12.1 Å². The summed E-state index contributed by atoms with van der Waals surface area (Å²) >= 11 is 0. The van der Waals surface area contributed by atoms with E-state index in [9.17, 15) is 4.79 Å². The third-order valence-corrected chi connectivity index (χ3v) is 2.37. The first-order valence-electron chi connectivity index (χ1n) is 5.16. The van der Waals surface area contributed by atoms with Crippen molar-refractivity contribution in [1.82, 2.24) is 0 Å². The van der Waals surface area contributed by atoms with Crippen LogP contribution < -0.4 is 0 Å². The summed E-state index contributed by atoms with van der Waals surface area (Å²) < 4.78 is 10.6. The molecule has 0 aliphatic heterocycles. The van der Waals surface area contributed by atoms with Crippen molar-refractivity contribution in [2.75, 3.05) is 6.61 Å². The Hall–Kier alpha value is -2.07. The molecule has 0 aliphatic rings. The number of hydrogen-bond donors (Lipinski definition) is 1. The predicted octanol–water partition coefficient (Wildman–Crippen LogP) is 2.83. The quantitative estimate of drug-likeness (QED) is 0.636. The Morgan fingerprint density at radius 1 is 1.47 bits per heavy atom. The van der Waals surface area contributed by atoms with Crippen LogP contribution in [0, 0.1) is 0 Å². The zero-order valence-corrected chi connectivity index (χ0v) is 9.18. The van der Waals surface area contributed by atoms with Gasteiger partial charge in [0.25, 0.3) is 0 Å². The van der Waals surface area contributed by atoms with E-state index in [-0.39, 0.29) is 12.4 Å². The second-order valence-corrected chi connectivity index (χ2v) is 3.51. The van der Waals surface area contributed by atoms with E-state index in [0.29, 0.717) is 17.8 Å². The Balaban J connectivity index is 2.44. The average Bonchev–Trinajstić information content (AvgIpc) is 2.69. The Morgan fingerprint density at radius 3 is 2.94 bits per heavy atom. The van der Waals surface area contributed by atoms with E-state index >= 15 is 0 Å². The topological polar surface area (TPSA) is 59.7 Å². The maximum atomic E-state index is 11.1. The van der Waals surface area contributed by atoms with Crippen LogP contribution in [0.1, 0.15) is 16.1 Å². The van der Waals surface area contributed by atoms with Gasteiger partial charge >= 0.3 is 5.97 Å². The highest BCUT2D eigenvalue weighted by Gasteiger charge is 2.19. The molecule has 0 atom stereocenters. The van der Waals surface area contributed by atoms with Crippen molar-refractivity contribution in [1.29, 1.82) is 0 Å². The zero-order chi connectivity index (χ0) is 12.3. The molecular formula is C13H12O4. The van der Waals surface area contributed by atoms with Gasteiger partial charge in [-0.3, -0.25) is 0 Å². The molecule has 1 N–H and O–H groups in total. The molecule has 4 heteroatoms. The fraction of sp³-hybridized carbons (Fsp3) is 0.154. The van der Waals surface area contributed by atoms with Gasteiger partial charge in [-0.2, -0.15) is 0 Å². The fourth-order valence-electron chi connectivity index (χ4n) is 1.66. The highest BCUT2D eigenvalue weighted by molar-refractivity contribution is 5.94. The van der Waals surface area contributed by atoms with E-state index in [0.717, 1.165) is 5.39 Å². The number of carboxylic acids is 1. The van der Waals surface area contributed by atoms with Gasteiger partial charge in [0.1, 0.15) is 5.58 Å². The van der Waals surface area contributed by atoms with Crippen LogP contribution >= 0.6 is 0 Å². The van der Waals surface area contributed by atoms with E-state index in [1.54, 1.807) is 18.2 Å². The van der Waals surface area contributed by atoms with Gasteiger partial charge in [-0.1, -0.05) is 24.3 Å². The number of benzene rings is 1. The van der Waals surface area contributed by atoms with Crippen molar-refractivity contribution >= 4 is 16.9 Å². The summed E-state index contributed by atoms with van der Waals surface area (Å²) in [5.74, 6) is -1.14. The Bertz CT molecular complexity index is 554. The second kappa shape index (κ2) is 4.84. The third-order valence-electron chi connectivity index (χ3n) is 2.37. The van der Waals surface area contributed by atoms with Crippen molar-refractivity contribution < 1.29 is 19.1 Å². The molecule has 0 aliphatic carbocycles. The summed E-state index contributed by atoms with van der Waals surface area (Å²) in [5, 5.41) is 9.83. The number of rotatable bonds is 5. The summed E-state index contributed by atoms with van der Waals surface area (Å²) in [6.45, 7) is 4.11. The standard InChI is InChI=1S/C13H12O4/c1-2-7-16-8-10-9-5-3-4-6-11(9)17-12(10)13(14)15/h2-6H,1,7-8H2,(H,14,15). The number of carbonyl (C=O) groups is 1. The molecule has 2 rings (SSSR count). The smallest absolute Gasteiger partial charge is 0.372 e. The van der Waals surface area contributed by atoms with Crippen LogP contribution in [-0.2, 0) is 11.3 Å². The van der Waals surface area contributed by atoms with Gasteiger partial charge < -0.3 is 14.3 Å². The van der Waals surface area contributed by atoms with Crippen LogP contribution in [0.15, 0.2) is 41.3 Å². The minimum atomic E-state index is -1.08.